The molecule has 0 aliphatic carbocycles. The Hall–Kier alpha value is -0.980. The highest BCUT2D eigenvalue weighted by atomic mass is 32.2. The van der Waals surface area contributed by atoms with E-state index in [9.17, 15) is 0 Å². The van der Waals surface area contributed by atoms with Crippen LogP contribution in [0.2, 0.25) is 0 Å². The van der Waals surface area contributed by atoms with Crippen molar-refractivity contribution in [2.75, 3.05) is 18.1 Å². The van der Waals surface area contributed by atoms with Gasteiger partial charge in [-0.25, -0.2) is 0 Å². The fourth-order valence-electron chi connectivity index (χ4n) is 1.76. The van der Waals surface area contributed by atoms with Crippen molar-refractivity contribution in [1.82, 2.24) is 4.90 Å². The van der Waals surface area contributed by atoms with Crippen LogP contribution in [0.15, 0.2) is 30.3 Å². The lowest BCUT2D eigenvalue weighted by molar-refractivity contribution is 0.249. The van der Waals surface area contributed by atoms with Gasteiger partial charge in [0.2, 0.25) is 0 Å². The van der Waals surface area contributed by atoms with Crippen LogP contribution in [0.25, 0.3) is 0 Å². The van der Waals surface area contributed by atoms with Crippen molar-refractivity contribution in [3.63, 3.8) is 0 Å². The molecule has 1 heterocycles. The molecule has 1 saturated heterocycles. The minimum absolute atomic E-state index is 0.0870. The van der Waals surface area contributed by atoms with Crippen LogP contribution in [0.5, 0.6) is 0 Å². The van der Waals surface area contributed by atoms with E-state index in [0.29, 0.717) is 0 Å². The average Bonchev–Trinajstić information content (AvgIpc) is 2.31. The van der Waals surface area contributed by atoms with Gasteiger partial charge in [0.1, 0.15) is 6.04 Å². The maximum Gasteiger partial charge on any atom is 0.107 e. The number of hydrogen-bond acceptors (Lipinski definition) is 3. The molecule has 0 bridgehead atoms. The number of hydrogen-bond donors (Lipinski definition) is 0. The molecular weight excluding hydrogens is 204 g/mol. The average molecular weight is 218 g/mol. The summed E-state index contributed by atoms with van der Waals surface area (Å²) in [6.45, 7) is 1.93. The molecule has 0 amide bonds. The van der Waals surface area contributed by atoms with Gasteiger partial charge in [0.05, 0.1) is 6.07 Å². The van der Waals surface area contributed by atoms with E-state index < -0.39 is 0 Å². The van der Waals surface area contributed by atoms with Crippen LogP contribution in [0.3, 0.4) is 0 Å². The molecule has 2 nitrogen and oxygen atoms in total. The van der Waals surface area contributed by atoms with E-state index in [1.807, 2.05) is 17.8 Å². The molecule has 1 aliphatic heterocycles. The molecule has 1 aromatic rings. The summed E-state index contributed by atoms with van der Waals surface area (Å²) in [5, 5.41) is 9.03. The minimum Gasteiger partial charge on any atom is -0.282 e. The van der Waals surface area contributed by atoms with Crippen molar-refractivity contribution in [1.29, 1.82) is 5.26 Å². The molecule has 2 rings (SSSR count). The second kappa shape index (κ2) is 5.20. The maximum atomic E-state index is 9.03. The molecule has 1 fully saturated rings. The monoisotopic (exact) mass is 218 g/mol. The Labute approximate surface area is 94.9 Å². The predicted octanol–water partition coefficient (Wildman–Crippen LogP) is 2.13. The fraction of sp³-hybridized carbons (Fsp3) is 0.417. The zero-order valence-corrected chi connectivity index (χ0v) is 9.41. The standard InChI is InChI=1S/C12H14N2S/c13-8-12-10-15-7-6-14(12)9-11-4-2-1-3-5-11/h1-5,12H,6-7,9-10H2/t12-/m0/s1. The van der Waals surface area contributed by atoms with Crippen LogP contribution in [0.4, 0.5) is 0 Å². The van der Waals surface area contributed by atoms with Gasteiger partial charge in [0.25, 0.3) is 0 Å². The Kier molecular flexibility index (Phi) is 3.65. The molecule has 0 N–H and O–H groups in total. The van der Waals surface area contributed by atoms with Crippen molar-refractivity contribution in [2.24, 2.45) is 0 Å². The van der Waals surface area contributed by atoms with E-state index in [1.54, 1.807) is 0 Å². The Balaban J connectivity index is 2.01. The third-order valence-electron chi connectivity index (χ3n) is 2.62. The summed E-state index contributed by atoms with van der Waals surface area (Å²) in [6, 6.07) is 12.8. The van der Waals surface area contributed by atoms with Crippen molar-refractivity contribution < 1.29 is 0 Å². The van der Waals surface area contributed by atoms with E-state index in [1.165, 1.54) is 5.56 Å². The number of benzene rings is 1. The van der Waals surface area contributed by atoms with Gasteiger partial charge in [0.15, 0.2) is 0 Å². The van der Waals surface area contributed by atoms with E-state index in [-0.39, 0.29) is 6.04 Å². The van der Waals surface area contributed by atoms with Crippen molar-refractivity contribution in [3.05, 3.63) is 35.9 Å². The fourth-order valence-corrected chi connectivity index (χ4v) is 2.80. The smallest absolute Gasteiger partial charge is 0.107 e. The van der Waals surface area contributed by atoms with Crippen LogP contribution in [0, 0.1) is 11.3 Å². The highest BCUT2D eigenvalue weighted by molar-refractivity contribution is 7.99. The molecule has 1 aliphatic rings. The van der Waals surface area contributed by atoms with Gasteiger partial charge in [-0.15, -0.1) is 0 Å². The molecule has 3 heteroatoms. The Morgan fingerprint density at radius 3 is 2.93 bits per heavy atom. The van der Waals surface area contributed by atoms with Crippen LogP contribution >= 0.6 is 11.8 Å². The molecule has 0 aromatic heterocycles. The SMILES string of the molecule is N#C[C@H]1CSCCN1Cc1ccccc1. The molecule has 0 spiro atoms. The highest BCUT2D eigenvalue weighted by Gasteiger charge is 2.21. The number of rotatable bonds is 2. The van der Waals surface area contributed by atoms with E-state index >= 15 is 0 Å². The lowest BCUT2D eigenvalue weighted by atomic mass is 10.2. The van der Waals surface area contributed by atoms with Crippen LogP contribution in [0.1, 0.15) is 5.56 Å². The molecule has 0 radical (unpaired) electrons. The van der Waals surface area contributed by atoms with Gasteiger partial charge >= 0.3 is 0 Å². The summed E-state index contributed by atoms with van der Waals surface area (Å²) in [7, 11) is 0. The molecule has 15 heavy (non-hydrogen) atoms. The Bertz CT molecular complexity index is 344. The summed E-state index contributed by atoms with van der Waals surface area (Å²) in [5.41, 5.74) is 1.30. The van der Waals surface area contributed by atoms with Gasteiger partial charge in [-0.1, -0.05) is 30.3 Å². The predicted molar refractivity (Wildman–Crippen MR) is 63.6 cm³/mol. The van der Waals surface area contributed by atoms with Crippen molar-refractivity contribution >= 4 is 11.8 Å². The summed E-state index contributed by atoms with van der Waals surface area (Å²) in [4.78, 5) is 2.27. The van der Waals surface area contributed by atoms with Gasteiger partial charge < -0.3 is 0 Å². The number of nitrogens with zero attached hydrogens (tertiary/aromatic N) is 2. The minimum atomic E-state index is 0.0870. The van der Waals surface area contributed by atoms with E-state index in [0.717, 1.165) is 24.6 Å². The third-order valence-corrected chi connectivity index (χ3v) is 3.64. The highest BCUT2D eigenvalue weighted by Crippen LogP contribution is 2.18. The molecule has 0 unspecified atom stereocenters. The molecule has 1 aromatic carbocycles. The first kappa shape index (κ1) is 10.5. The lowest BCUT2D eigenvalue weighted by Crippen LogP contribution is -2.40. The third kappa shape index (κ3) is 2.74. The van der Waals surface area contributed by atoms with Crippen LogP contribution in [-0.2, 0) is 6.54 Å². The molecule has 0 saturated carbocycles. The normalized spacial score (nSPS) is 22.2. The first-order valence-corrected chi connectivity index (χ1v) is 6.31. The number of nitriles is 1. The topological polar surface area (TPSA) is 27.0 Å². The summed E-state index contributed by atoms with van der Waals surface area (Å²) < 4.78 is 0. The van der Waals surface area contributed by atoms with Gasteiger partial charge in [-0.05, 0) is 5.56 Å². The second-order valence-electron chi connectivity index (χ2n) is 3.68. The Morgan fingerprint density at radius 2 is 2.20 bits per heavy atom. The summed E-state index contributed by atoms with van der Waals surface area (Å²) >= 11 is 1.88. The quantitative estimate of drug-likeness (QED) is 0.761. The molecule has 1 atom stereocenters. The Morgan fingerprint density at radius 1 is 1.40 bits per heavy atom. The molecular formula is C12H14N2S. The van der Waals surface area contributed by atoms with Crippen molar-refractivity contribution in [2.45, 2.75) is 12.6 Å². The summed E-state index contributed by atoms with van der Waals surface area (Å²) in [6.07, 6.45) is 0. The molecule has 78 valence electrons. The first-order valence-electron chi connectivity index (χ1n) is 5.15. The lowest BCUT2D eigenvalue weighted by Gasteiger charge is -2.30. The summed E-state index contributed by atoms with van der Waals surface area (Å²) in [5.74, 6) is 2.09. The van der Waals surface area contributed by atoms with Crippen molar-refractivity contribution in [3.8, 4) is 6.07 Å². The van der Waals surface area contributed by atoms with Gasteiger partial charge in [-0.2, -0.15) is 17.0 Å². The first-order chi connectivity index (χ1) is 7.40. The maximum absolute atomic E-state index is 9.03. The second-order valence-corrected chi connectivity index (χ2v) is 4.83. The van der Waals surface area contributed by atoms with Crippen LogP contribution in [-0.4, -0.2) is 29.0 Å². The van der Waals surface area contributed by atoms with Crippen LogP contribution < -0.4 is 0 Å². The number of thioether (sulfide) groups is 1. The van der Waals surface area contributed by atoms with E-state index in [4.69, 9.17) is 5.26 Å². The van der Waals surface area contributed by atoms with Gasteiger partial charge in [-0.3, -0.25) is 4.90 Å². The van der Waals surface area contributed by atoms with E-state index in [2.05, 4.69) is 35.2 Å². The zero-order valence-electron chi connectivity index (χ0n) is 8.60. The zero-order chi connectivity index (χ0) is 10.5. The largest absolute Gasteiger partial charge is 0.282 e. The van der Waals surface area contributed by atoms with Gasteiger partial charge in [0, 0.05) is 24.6 Å².